The molecule has 0 spiro atoms. The van der Waals surface area contributed by atoms with Gasteiger partial charge < -0.3 is 25.3 Å². The first-order valence-corrected chi connectivity index (χ1v) is 12.6. The molecule has 0 aliphatic carbocycles. The number of rotatable bonds is 5. The summed E-state index contributed by atoms with van der Waals surface area (Å²) in [7, 11) is 0. The Morgan fingerprint density at radius 2 is 2.18 bits per heavy atom. The second kappa shape index (κ2) is 9.40. The van der Waals surface area contributed by atoms with E-state index in [1.807, 2.05) is 23.4 Å². The topological polar surface area (TPSA) is 142 Å². The van der Waals surface area contributed by atoms with Gasteiger partial charge in [-0.3, -0.25) is 19.4 Å². The number of aromatic amines is 1. The molecule has 1 saturated heterocycles. The van der Waals surface area contributed by atoms with Crippen LogP contribution in [0, 0.1) is 5.41 Å². The van der Waals surface area contributed by atoms with E-state index in [1.54, 1.807) is 18.3 Å². The number of hydrogen-bond donors (Lipinski definition) is 3. The zero-order valence-corrected chi connectivity index (χ0v) is 20.9. The lowest BCUT2D eigenvalue weighted by molar-refractivity contribution is -0.118. The second-order valence-electron chi connectivity index (χ2n) is 10.0. The number of benzene rings is 1. The van der Waals surface area contributed by atoms with E-state index < -0.39 is 5.91 Å². The Morgan fingerprint density at radius 3 is 3.03 bits per heavy atom. The summed E-state index contributed by atoms with van der Waals surface area (Å²) in [4.78, 5) is 56.1. The van der Waals surface area contributed by atoms with Crippen molar-refractivity contribution < 1.29 is 19.1 Å². The Bertz CT molecular complexity index is 1510. The number of hydrogen-bond acceptors (Lipinski definition) is 7. The van der Waals surface area contributed by atoms with Gasteiger partial charge in [0.2, 0.25) is 0 Å². The number of anilines is 1. The molecule has 2 unspecified atom stereocenters. The van der Waals surface area contributed by atoms with Crippen molar-refractivity contribution in [3.05, 3.63) is 59.8 Å². The van der Waals surface area contributed by atoms with Crippen molar-refractivity contribution in [3.63, 3.8) is 0 Å². The lowest BCUT2D eigenvalue weighted by Gasteiger charge is -2.38. The highest BCUT2D eigenvalue weighted by Gasteiger charge is 2.42. The number of fused-ring (bicyclic) bond motifs is 2. The summed E-state index contributed by atoms with van der Waals surface area (Å²) in [6.07, 6.45) is 11.3. The average molecular weight is 514 g/mol. The maximum atomic E-state index is 13.7. The maximum absolute atomic E-state index is 13.7. The number of ether oxygens (including phenoxy) is 1. The smallest absolute Gasteiger partial charge is 0.272 e. The number of carbonyl (C=O) groups is 3. The van der Waals surface area contributed by atoms with Crippen molar-refractivity contribution in [2.75, 3.05) is 18.5 Å². The fourth-order valence-corrected chi connectivity index (χ4v) is 5.47. The Kier molecular flexibility index (Phi) is 5.90. The third-order valence-corrected chi connectivity index (χ3v) is 7.49. The number of amides is 3. The zero-order chi connectivity index (χ0) is 26.3. The van der Waals surface area contributed by atoms with E-state index in [0.717, 1.165) is 24.8 Å². The van der Waals surface area contributed by atoms with E-state index in [4.69, 9.17) is 4.74 Å². The van der Waals surface area contributed by atoms with Crippen LogP contribution in [0.2, 0.25) is 0 Å². The summed E-state index contributed by atoms with van der Waals surface area (Å²) < 4.78 is 5.38. The molecule has 2 aromatic heterocycles. The van der Waals surface area contributed by atoms with Crippen LogP contribution in [0.5, 0.6) is 5.75 Å². The quantitative estimate of drug-likeness (QED) is 0.479. The molecule has 3 aromatic rings. The molecule has 1 aromatic carbocycles. The van der Waals surface area contributed by atoms with Crippen LogP contribution in [-0.2, 0) is 11.3 Å². The van der Waals surface area contributed by atoms with Gasteiger partial charge in [0.25, 0.3) is 17.7 Å². The van der Waals surface area contributed by atoms with Gasteiger partial charge in [-0.25, -0.2) is 9.97 Å². The molecule has 3 aliphatic rings. The van der Waals surface area contributed by atoms with Crippen LogP contribution >= 0.6 is 0 Å². The fourth-order valence-electron chi connectivity index (χ4n) is 5.47. The second-order valence-corrected chi connectivity index (χ2v) is 10.0. The monoisotopic (exact) mass is 513 g/mol. The van der Waals surface area contributed by atoms with Crippen LogP contribution in [-0.4, -0.2) is 63.0 Å². The van der Waals surface area contributed by atoms with Gasteiger partial charge in [-0.15, -0.1) is 0 Å². The van der Waals surface area contributed by atoms with Gasteiger partial charge in [0.15, 0.2) is 12.3 Å². The molecule has 11 nitrogen and oxygen atoms in total. The van der Waals surface area contributed by atoms with E-state index >= 15 is 0 Å². The molecule has 1 fully saturated rings. The van der Waals surface area contributed by atoms with Crippen LogP contribution in [0.25, 0.3) is 11.0 Å². The van der Waals surface area contributed by atoms with Crippen molar-refractivity contribution in [2.45, 2.75) is 38.8 Å². The summed E-state index contributed by atoms with van der Waals surface area (Å²) in [6.45, 7) is 3.03. The van der Waals surface area contributed by atoms with E-state index in [-0.39, 0.29) is 42.1 Å². The summed E-state index contributed by atoms with van der Waals surface area (Å²) in [6, 6.07) is 5.38. The molecule has 2 atom stereocenters. The third kappa shape index (κ3) is 4.19. The van der Waals surface area contributed by atoms with Crippen molar-refractivity contribution in [1.29, 1.82) is 0 Å². The minimum absolute atomic E-state index is 0.0168. The summed E-state index contributed by atoms with van der Waals surface area (Å²) in [5, 5.41) is 5.61. The summed E-state index contributed by atoms with van der Waals surface area (Å²) in [5.74, 6) is -0.158. The van der Waals surface area contributed by atoms with Gasteiger partial charge in [-0.2, -0.15) is 0 Å². The summed E-state index contributed by atoms with van der Waals surface area (Å²) in [5.41, 5.74) is 2.57. The van der Waals surface area contributed by atoms with E-state index in [1.165, 1.54) is 6.33 Å². The van der Waals surface area contributed by atoms with Crippen molar-refractivity contribution >= 4 is 40.7 Å². The highest BCUT2D eigenvalue weighted by molar-refractivity contribution is 6.10. The number of carbonyl (C=O) groups excluding carboxylic acids is 3. The van der Waals surface area contributed by atoms with Gasteiger partial charge >= 0.3 is 0 Å². The normalized spacial score (nSPS) is 22.2. The molecule has 38 heavy (non-hydrogen) atoms. The first kappa shape index (κ1) is 23.8. The molecule has 11 heteroatoms. The predicted octanol–water partition coefficient (Wildman–Crippen LogP) is 2.82. The molecule has 0 bridgehead atoms. The lowest BCUT2D eigenvalue weighted by Crippen LogP contribution is -2.45. The summed E-state index contributed by atoms with van der Waals surface area (Å²) >= 11 is 0. The number of likely N-dealkylation sites (tertiary alicyclic amines) is 1. The van der Waals surface area contributed by atoms with Crippen LogP contribution < -0.4 is 15.4 Å². The lowest BCUT2D eigenvalue weighted by atomic mass is 9.77. The highest BCUT2D eigenvalue weighted by Crippen LogP contribution is 2.39. The van der Waals surface area contributed by atoms with Crippen molar-refractivity contribution in [3.8, 4) is 5.75 Å². The standard InChI is InChI=1S/C27H27N7O4/c1-27(6-8-28-9-7-27)20-3-2-10-34(20)26(37)17-13-29-23-22(17)31-15-32-24(23)25(36)30-12-16-4-5-19-18(11-16)33-21(35)14-38-19/h4-6,8-9,11,13,15,20,29H,2-3,7,10,12,14H2,1H3,(H,30,36)(H,33,35). The van der Waals surface area contributed by atoms with Gasteiger partial charge in [0.05, 0.1) is 16.8 Å². The minimum atomic E-state index is -0.408. The number of aliphatic imine (C=N–C) groups is 1. The van der Waals surface area contributed by atoms with Gasteiger partial charge in [-0.05, 0) is 37.0 Å². The van der Waals surface area contributed by atoms with Crippen molar-refractivity contribution in [1.82, 2.24) is 25.2 Å². The molecular weight excluding hydrogens is 486 g/mol. The average Bonchev–Trinajstić information content (AvgIpc) is 3.60. The number of H-pyrrole nitrogens is 1. The van der Waals surface area contributed by atoms with Crippen LogP contribution in [0.3, 0.4) is 0 Å². The predicted molar refractivity (Wildman–Crippen MR) is 140 cm³/mol. The molecule has 3 aliphatic heterocycles. The maximum Gasteiger partial charge on any atom is 0.272 e. The zero-order valence-electron chi connectivity index (χ0n) is 20.9. The molecule has 0 radical (unpaired) electrons. The highest BCUT2D eigenvalue weighted by atomic mass is 16.5. The molecule has 5 heterocycles. The van der Waals surface area contributed by atoms with E-state index in [9.17, 15) is 14.4 Å². The SMILES string of the molecule is CC1(C2CCCN2C(=O)c2c[nH]c3c(C(=O)NCc4ccc5c(c4)NC(=O)CO5)ncnc23)C=CN=CC1. The first-order valence-electron chi connectivity index (χ1n) is 12.6. The molecule has 6 rings (SSSR count). The Balaban J connectivity index is 1.20. The van der Waals surface area contributed by atoms with Crippen LogP contribution in [0.1, 0.15) is 52.6 Å². The van der Waals surface area contributed by atoms with Crippen molar-refractivity contribution in [2.24, 2.45) is 10.4 Å². The van der Waals surface area contributed by atoms with Crippen LogP contribution in [0.4, 0.5) is 5.69 Å². The Morgan fingerprint density at radius 1 is 1.29 bits per heavy atom. The molecular formula is C27H27N7O4. The molecule has 3 amide bonds. The Hall–Kier alpha value is -4.54. The molecule has 0 saturated carbocycles. The van der Waals surface area contributed by atoms with E-state index in [2.05, 4.69) is 43.6 Å². The van der Waals surface area contributed by atoms with Gasteiger partial charge in [0, 0.05) is 43.2 Å². The minimum Gasteiger partial charge on any atom is -0.482 e. The molecule has 3 N–H and O–H groups in total. The largest absolute Gasteiger partial charge is 0.482 e. The number of nitrogens with zero attached hydrogens (tertiary/aromatic N) is 4. The van der Waals surface area contributed by atoms with E-state index in [0.29, 0.717) is 34.6 Å². The first-order chi connectivity index (χ1) is 18.4. The van der Waals surface area contributed by atoms with Crippen LogP contribution in [0.15, 0.2) is 48.0 Å². The number of nitrogens with one attached hydrogen (secondary N) is 3. The number of aromatic nitrogens is 3. The molecule has 194 valence electrons. The fraction of sp³-hybridized carbons (Fsp3) is 0.333. The Labute approximate surface area is 218 Å². The third-order valence-electron chi connectivity index (χ3n) is 7.49. The van der Waals surface area contributed by atoms with Gasteiger partial charge in [-0.1, -0.05) is 19.1 Å². The van der Waals surface area contributed by atoms with Gasteiger partial charge in [0.1, 0.15) is 17.6 Å².